The van der Waals surface area contributed by atoms with E-state index in [-0.39, 0.29) is 66.6 Å². The number of unbranched alkanes of at least 4 members (excludes halogenated alkanes) is 1. The Labute approximate surface area is 383 Å². The third-order valence-corrected chi connectivity index (χ3v) is 11.8. The van der Waals surface area contributed by atoms with Crippen molar-refractivity contribution in [1.82, 2.24) is 25.8 Å². The lowest BCUT2D eigenvalue weighted by Gasteiger charge is -2.43. The number of nitrogens with zero attached hydrogens (tertiary/aromatic N) is 2. The quantitative estimate of drug-likeness (QED) is 0.0583. The molecule has 66 heavy (non-hydrogen) atoms. The minimum atomic E-state index is -1.32. The maximum absolute atomic E-state index is 14.4. The molecule has 0 aromatic heterocycles. The van der Waals surface area contributed by atoms with Gasteiger partial charge in [0.2, 0.25) is 17.7 Å². The molecule has 0 aliphatic carbocycles. The van der Waals surface area contributed by atoms with Gasteiger partial charge in [0.05, 0.1) is 29.0 Å². The van der Waals surface area contributed by atoms with E-state index in [4.69, 9.17) is 18.9 Å². The summed E-state index contributed by atoms with van der Waals surface area (Å²) in [4.78, 5) is 131. The van der Waals surface area contributed by atoms with E-state index >= 15 is 0 Å². The van der Waals surface area contributed by atoms with Gasteiger partial charge < -0.3 is 49.8 Å². The van der Waals surface area contributed by atoms with Crippen molar-refractivity contribution in [3.05, 3.63) is 83.4 Å². The molecule has 4 atom stereocenters. The lowest BCUT2D eigenvalue weighted by atomic mass is 9.91. The van der Waals surface area contributed by atoms with Gasteiger partial charge in [-0.2, -0.15) is 0 Å². The van der Waals surface area contributed by atoms with E-state index in [1.165, 1.54) is 53.1 Å². The van der Waals surface area contributed by atoms with Crippen LogP contribution in [-0.2, 0) is 38.4 Å². The third-order valence-electron chi connectivity index (χ3n) is 10.2. The van der Waals surface area contributed by atoms with Gasteiger partial charge in [-0.15, -0.1) is 11.8 Å². The first-order valence-corrected chi connectivity index (χ1v) is 21.5. The summed E-state index contributed by atoms with van der Waals surface area (Å²) in [6.07, 6.45) is 0.369. The standard InChI is InChI=1S/C45H49N5O15S/c1-24(51)62-32-18-12-16-29(36(32)64-26(3)53)39(56)46-20-10-11-21-49(41(58)30-17-13-19-33(63-25(2)52)37(30)65-27(4)54)23-34(55)48-35(28-14-8-7-9-15-28)40(57)47-22-31-42(59)50-38(44(60)61)45(5,6)66-43(31)50/h7-9,12-19,31,35,38,43H,10-11,20-23H2,1-6H3,(H,46,56)(H,47,57)(H,48,55)(H,60,61)/t31-,35-,38+,43+/m1/s1. The van der Waals surface area contributed by atoms with E-state index in [2.05, 4.69) is 16.0 Å². The zero-order chi connectivity index (χ0) is 48.5. The van der Waals surface area contributed by atoms with E-state index in [0.717, 1.165) is 32.6 Å². The molecule has 2 aliphatic heterocycles. The van der Waals surface area contributed by atoms with E-state index < -0.39 is 94.0 Å². The second-order valence-electron chi connectivity index (χ2n) is 15.7. The van der Waals surface area contributed by atoms with Gasteiger partial charge in [-0.25, -0.2) is 4.79 Å². The Kier molecular flexibility index (Phi) is 16.3. The number of carbonyl (C=O) groups excluding carboxylic acids is 9. The minimum absolute atomic E-state index is 0.0103. The second kappa shape index (κ2) is 21.6. The molecule has 2 heterocycles. The molecular formula is C45H49N5O15S. The van der Waals surface area contributed by atoms with Gasteiger partial charge in [0.15, 0.2) is 23.0 Å². The molecule has 4 N–H and O–H groups in total. The summed E-state index contributed by atoms with van der Waals surface area (Å²) in [5.74, 6) is -9.43. The van der Waals surface area contributed by atoms with Gasteiger partial charge in [0, 0.05) is 52.1 Å². The summed E-state index contributed by atoms with van der Waals surface area (Å²) < 4.78 is 20.0. The number of rotatable bonds is 19. The fraction of sp³-hybridized carbons (Fsp3) is 0.378. The maximum Gasteiger partial charge on any atom is 0.327 e. The first-order chi connectivity index (χ1) is 31.2. The molecule has 3 aromatic carbocycles. The molecular weight excluding hydrogens is 883 g/mol. The Balaban J connectivity index is 1.34. The molecule has 0 saturated carbocycles. The number of amides is 5. The summed E-state index contributed by atoms with van der Waals surface area (Å²) in [6, 6.07) is 13.9. The Bertz CT molecular complexity index is 2430. The highest BCUT2D eigenvalue weighted by molar-refractivity contribution is 8.01. The molecule has 20 nitrogen and oxygen atoms in total. The lowest BCUT2D eigenvalue weighted by molar-refractivity contribution is -0.163. The summed E-state index contributed by atoms with van der Waals surface area (Å²) >= 11 is 1.32. The van der Waals surface area contributed by atoms with Crippen LogP contribution in [0.3, 0.4) is 0 Å². The van der Waals surface area contributed by atoms with Crippen LogP contribution in [0.25, 0.3) is 0 Å². The highest BCUT2D eigenvalue weighted by Gasteiger charge is 2.63. The zero-order valence-electron chi connectivity index (χ0n) is 36.9. The monoisotopic (exact) mass is 931 g/mol. The van der Waals surface area contributed by atoms with Gasteiger partial charge in [-0.1, -0.05) is 42.5 Å². The number of para-hydroxylation sites is 2. The van der Waals surface area contributed by atoms with E-state index in [1.807, 2.05) is 0 Å². The highest BCUT2D eigenvalue weighted by Crippen LogP contribution is 2.53. The fourth-order valence-electron chi connectivity index (χ4n) is 7.41. The van der Waals surface area contributed by atoms with Crippen molar-refractivity contribution in [2.24, 2.45) is 5.92 Å². The fourth-order valence-corrected chi connectivity index (χ4v) is 9.09. The number of nitrogens with one attached hydrogen (secondary N) is 3. The number of aliphatic carboxylic acids is 1. The van der Waals surface area contributed by atoms with E-state index in [1.54, 1.807) is 44.2 Å². The van der Waals surface area contributed by atoms with Crippen LogP contribution in [-0.4, -0.2) is 117 Å². The Morgan fingerprint density at radius 1 is 0.742 bits per heavy atom. The molecule has 5 rings (SSSR count). The molecule has 0 unspecified atom stereocenters. The zero-order valence-corrected chi connectivity index (χ0v) is 37.7. The van der Waals surface area contributed by atoms with Crippen LogP contribution in [0, 0.1) is 5.92 Å². The number of ether oxygens (including phenoxy) is 4. The topological polar surface area (TPSA) is 270 Å². The predicted molar refractivity (Wildman–Crippen MR) is 233 cm³/mol. The van der Waals surface area contributed by atoms with Gasteiger partial charge in [-0.3, -0.25) is 43.2 Å². The van der Waals surface area contributed by atoms with Crippen LogP contribution >= 0.6 is 11.8 Å². The first-order valence-electron chi connectivity index (χ1n) is 20.6. The summed E-state index contributed by atoms with van der Waals surface area (Å²) in [5, 5.41) is 17.4. The van der Waals surface area contributed by atoms with Crippen LogP contribution in [0.1, 0.15) is 86.7 Å². The number of hydrogen-bond donors (Lipinski definition) is 4. The third kappa shape index (κ3) is 12.1. The van der Waals surface area contributed by atoms with Crippen molar-refractivity contribution < 1.29 is 72.0 Å². The largest absolute Gasteiger partial charge is 0.480 e. The van der Waals surface area contributed by atoms with Crippen molar-refractivity contribution >= 4 is 71.1 Å². The van der Waals surface area contributed by atoms with Crippen LogP contribution in [0.2, 0.25) is 0 Å². The van der Waals surface area contributed by atoms with Crippen molar-refractivity contribution in [3.8, 4) is 23.0 Å². The molecule has 21 heteroatoms. The van der Waals surface area contributed by atoms with Crippen molar-refractivity contribution in [1.29, 1.82) is 0 Å². The van der Waals surface area contributed by atoms with Gasteiger partial charge in [0.25, 0.3) is 11.8 Å². The van der Waals surface area contributed by atoms with Gasteiger partial charge in [0.1, 0.15) is 12.1 Å². The molecule has 2 saturated heterocycles. The average Bonchev–Trinajstić information content (AvgIpc) is 3.49. The van der Waals surface area contributed by atoms with Crippen LogP contribution in [0.4, 0.5) is 0 Å². The molecule has 0 bridgehead atoms. The maximum atomic E-state index is 14.4. The number of carboxylic acids is 1. The number of thioether (sulfide) groups is 1. The van der Waals surface area contributed by atoms with Crippen LogP contribution in [0.15, 0.2) is 66.7 Å². The molecule has 3 aromatic rings. The highest BCUT2D eigenvalue weighted by atomic mass is 32.2. The normalized spacial score (nSPS) is 17.2. The number of carboxylic acid groups (broad SMARTS) is 1. The Morgan fingerprint density at radius 3 is 1.86 bits per heavy atom. The second-order valence-corrected chi connectivity index (χ2v) is 17.5. The number of benzene rings is 3. The number of carbonyl (C=O) groups is 10. The Morgan fingerprint density at radius 2 is 1.30 bits per heavy atom. The van der Waals surface area contributed by atoms with E-state index in [9.17, 15) is 53.1 Å². The molecule has 5 amide bonds. The predicted octanol–water partition coefficient (Wildman–Crippen LogP) is 2.78. The number of fused-ring (bicyclic) bond motifs is 1. The lowest BCUT2D eigenvalue weighted by Crippen LogP contribution is -2.65. The van der Waals surface area contributed by atoms with Crippen molar-refractivity contribution in [2.75, 3.05) is 26.2 Å². The Hall–Kier alpha value is -7.29. The van der Waals surface area contributed by atoms with Crippen molar-refractivity contribution in [2.45, 2.75) is 76.6 Å². The van der Waals surface area contributed by atoms with Gasteiger partial charge in [-0.05, 0) is 56.5 Å². The van der Waals surface area contributed by atoms with Crippen molar-refractivity contribution in [3.63, 3.8) is 0 Å². The van der Waals surface area contributed by atoms with Crippen LogP contribution < -0.4 is 34.9 Å². The summed E-state index contributed by atoms with van der Waals surface area (Å²) in [5.41, 5.74) is 0.0160. The minimum Gasteiger partial charge on any atom is -0.480 e. The number of β-lactam (4-membered cyclic amide) rings is 1. The number of esters is 4. The van der Waals surface area contributed by atoms with Gasteiger partial charge >= 0.3 is 29.8 Å². The molecule has 0 spiro atoms. The van der Waals surface area contributed by atoms with Crippen LogP contribution in [0.5, 0.6) is 23.0 Å². The molecule has 0 radical (unpaired) electrons. The van der Waals surface area contributed by atoms with E-state index in [0.29, 0.717) is 5.56 Å². The molecule has 2 aliphatic rings. The smallest absolute Gasteiger partial charge is 0.327 e. The average molecular weight is 932 g/mol. The number of hydrogen-bond acceptors (Lipinski definition) is 15. The molecule has 350 valence electrons. The summed E-state index contributed by atoms with van der Waals surface area (Å²) in [6.45, 7) is 6.96. The molecule has 2 fully saturated rings. The summed E-state index contributed by atoms with van der Waals surface area (Å²) in [7, 11) is 0. The SMILES string of the molecule is CC(=O)Oc1cccc(C(=O)NCCCCN(CC(=O)N[C@@H](C(=O)NC[C@@H]2C(=O)N3[C@@H](C(=O)O)C(C)(C)S[C@@H]23)c2ccccc2)C(=O)c2cccc(OC(C)=O)c2OC(C)=O)c1OC(C)=O. The first kappa shape index (κ1) is 49.7.